The Kier molecular flexibility index (Phi) is 7.45. The fraction of sp³-hybridized carbons (Fsp3) is 0.300. The molecule has 0 N–H and O–H groups in total. The van der Waals surface area contributed by atoms with Crippen LogP contribution in [0.25, 0.3) is 16.6 Å². The molecule has 35 heavy (non-hydrogen) atoms. The Morgan fingerprint density at radius 1 is 0.971 bits per heavy atom. The number of rotatable bonds is 8. The maximum Gasteiger partial charge on any atom is 0.266 e. The van der Waals surface area contributed by atoms with E-state index in [4.69, 9.17) is 4.98 Å². The lowest BCUT2D eigenvalue weighted by molar-refractivity contribution is 0.0677. The van der Waals surface area contributed by atoms with E-state index in [0.29, 0.717) is 28.8 Å². The monoisotopic (exact) mass is 467 g/mol. The summed E-state index contributed by atoms with van der Waals surface area (Å²) < 4.78 is 1.71. The highest BCUT2D eigenvalue weighted by atomic mass is 16.2. The van der Waals surface area contributed by atoms with Crippen LogP contribution in [-0.2, 0) is 0 Å². The van der Waals surface area contributed by atoms with Gasteiger partial charge in [0.2, 0.25) is 0 Å². The molecule has 1 heterocycles. The van der Waals surface area contributed by atoms with Crippen molar-refractivity contribution in [2.24, 2.45) is 0 Å². The first-order valence-electron chi connectivity index (χ1n) is 12.4. The molecule has 0 aliphatic rings. The smallest absolute Gasteiger partial charge is 0.266 e. The number of aryl methyl sites for hydroxylation is 2. The second-order valence-electron chi connectivity index (χ2n) is 9.17. The number of unbranched alkanes of at least 4 members (excludes halogenated alkanes) is 2. The SMILES string of the molecule is CCCCCN(C(=O)c1ccccc1)C(C)c1nc2ccccc2c(=O)n1-c1cc(C)ccc1C. The number of nitrogens with zero attached hydrogens (tertiary/aromatic N) is 3. The molecule has 180 valence electrons. The number of hydrogen-bond donors (Lipinski definition) is 0. The molecular weight excluding hydrogens is 434 g/mol. The van der Waals surface area contributed by atoms with Gasteiger partial charge in [-0.1, -0.05) is 62.2 Å². The average molecular weight is 468 g/mol. The van der Waals surface area contributed by atoms with Gasteiger partial charge in [0.05, 0.1) is 22.6 Å². The minimum absolute atomic E-state index is 0.0517. The van der Waals surface area contributed by atoms with Gasteiger partial charge in [0, 0.05) is 12.1 Å². The highest BCUT2D eigenvalue weighted by Gasteiger charge is 2.27. The van der Waals surface area contributed by atoms with Crippen LogP contribution in [0.4, 0.5) is 0 Å². The van der Waals surface area contributed by atoms with E-state index in [1.807, 2.05) is 98.5 Å². The van der Waals surface area contributed by atoms with Gasteiger partial charge in [-0.05, 0) is 68.7 Å². The van der Waals surface area contributed by atoms with E-state index in [1.54, 1.807) is 4.57 Å². The Hall–Kier alpha value is -3.73. The lowest BCUT2D eigenvalue weighted by Crippen LogP contribution is -2.38. The summed E-state index contributed by atoms with van der Waals surface area (Å²) in [6, 6.07) is 22.4. The predicted octanol–water partition coefficient (Wildman–Crippen LogP) is 6.40. The summed E-state index contributed by atoms with van der Waals surface area (Å²) >= 11 is 0. The van der Waals surface area contributed by atoms with E-state index in [9.17, 15) is 9.59 Å². The topological polar surface area (TPSA) is 55.2 Å². The Labute approximate surface area is 207 Å². The molecule has 1 aromatic heterocycles. The fourth-order valence-electron chi connectivity index (χ4n) is 4.51. The number of carbonyl (C=O) groups excluding carboxylic acids is 1. The Morgan fingerprint density at radius 2 is 1.69 bits per heavy atom. The first-order valence-corrected chi connectivity index (χ1v) is 12.4. The molecule has 0 saturated heterocycles. The summed E-state index contributed by atoms with van der Waals surface area (Å²) in [6.45, 7) is 8.74. The minimum atomic E-state index is -0.406. The van der Waals surface area contributed by atoms with Crippen LogP contribution in [-0.4, -0.2) is 26.9 Å². The summed E-state index contributed by atoms with van der Waals surface area (Å²) in [6.07, 6.45) is 2.98. The second-order valence-corrected chi connectivity index (χ2v) is 9.17. The number of carbonyl (C=O) groups is 1. The maximum absolute atomic E-state index is 13.9. The summed E-state index contributed by atoms with van der Waals surface area (Å²) in [5.41, 5.74) is 4.00. The van der Waals surface area contributed by atoms with Crippen molar-refractivity contribution in [3.63, 3.8) is 0 Å². The maximum atomic E-state index is 13.9. The standard InChI is InChI=1S/C30H33N3O2/c1-5-6-12-19-32(29(34)24-13-8-7-9-14-24)23(4)28-31-26-16-11-10-15-25(26)30(35)33(28)27-20-21(2)17-18-22(27)3/h7-11,13-18,20,23H,5-6,12,19H2,1-4H3. The zero-order valence-electron chi connectivity index (χ0n) is 21.0. The number of hydrogen-bond acceptors (Lipinski definition) is 3. The van der Waals surface area contributed by atoms with Gasteiger partial charge in [-0.3, -0.25) is 14.2 Å². The zero-order valence-corrected chi connectivity index (χ0v) is 21.0. The molecule has 0 fully saturated rings. The van der Waals surface area contributed by atoms with Crippen LogP contribution in [0.2, 0.25) is 0 Å². The van der Waals surface area contributed by atoms with Crippen LogP contribution in [0.5, 0.6) is 0 Å². The van der Waals surface area contributed by atoms with E-state index in [0.717, 1.165) is 36.1 Å². The second kappa shape index (κ2) is 10.7. The lowest BCUT2D eigenvalue weighted by Gasteiger charge is -2.31. The van der Waals surface area contributed by atoms with E-state index < -0.39 is 6.04 Å². The summed E-state index contributed by atoms with van der Waals surface area (Å²) in [5.74, 6) is 0.521. The normalized spacial score (nSPS) is 12.0. The number of amides is 1. The Morgan fingerprint density at radius 3 is 2.43 bits per heavy atom. The third kappa shape index (κ3) is 5.04. The van der Waals surface area contributed by atoms with Crippen molar-refractivity contribution in [2.45, 2.75) is 53.0 Å². The fourth-order valence-corrected chi connectivity index (χ4v) is 4.51. The van der Waals surface area contributed by atoms with E-state index in [-0.39, 0.29) is 11.5 Å². The van der Waals surface area contributed by atoms with Crippen molar-refractivity contribution in [1.29, 1.82) is 0 Å². The van der Waals surface area contributed by atoms with E-state index in [1.165, 1.54) is 0 Å². The number of benzene rings is 3. The van der Waals surface area contributed by atoms with Crippen LogP contribution in [0.3, 0.4) is 0 Å². The van der Waals surface area contributed by atoms with Crippen LogP contribution >= 0.6 is 0 Å². The molecule has 1 atom stereocenters. The highest BCUT2D eigenvalue weighted by Crippen LogP contribution is 2.26. The molecule has 1 amide bonds. The van der Waals surface area contributed by atoms with Crippen molar-refractivity contribution >= 4 is 16.8 Å². The number of aromatic nitrogens is 2. The van der Waals surface area contributed by atoms with Crippen LogP contribution in [0.15, 0.2) is 77.6 Å². The van der Waals surface area contributed by atoms with E-state index >= 15 is 0 Å². The van der Waals surface area contributed by atoms with Gasteiger partial charge in [-0.25, -0.2) is 4.98 Å². The van der Waals surface area contributed by atoms with Crippen molar-refractivity contribution < 1.29 is 4.79 Å². The third-order valence-corrected chi connectivity index (χ3v) is 6.53. The molecule has 0 bridgehead atoms. The molecule has 1 unspecified atom stereocenters. The molecule has 5 heteroatoms. The highest BCUT2D eigenvalue weighted by molar-refractivity contribution is 5.94. The lowest BCUT2D eigenvalue weighted by atomic mass is 10.1. The van der Waals surface area contributed by atoms with E-state index in [2.05, 4.69) is 6.92 Å². The molecule has 0 aliphatic heterocycles. The molecule has 0 radical (unpaired) electrons. The Balaban J connectivity index is 1.92. The number of para-hydroxylation sites is 1. The van der Waals surface area contributed by atoms with Gasteiger partial charge in [0.25, 0.3) is 11.5 Å². The molecule has 5 nitrogen and oxygen atoms in total. The van der Waals surface area contributed by atoms with Crippen molar-refractivity contribution in [2.75, 3.05) is 6.54 Å². The van der Waals surface area contributed by atoms with Crippen molar-refractivity contribution in [1.82, 2.24) is 14.5 Å². The van der Waals surface area contributed by atoms with Gasteiger partial charge in [0.1, 0.15) is 5.82 Å². The quantitative estimate of drug-likeness (QED) is 0.282. The van der Waals surface area contributed by atoms with Gasteiger partial charge in [-0.15, -0.1) is 0 Å². The average Bonchev–Trinajstić information content (AvgIpc) is 2.88. The van der Waals surface area contributed by atoms with Crippen LogP contribution < -0.4 is 5.56 Å². The molecule has 0 aliphatic carbocycles. The third-order valence-electron chi connectivity index (χ3n) is 6.53. The van der Waals surface area contributed by atoms with Gasteiger partial charge in [-0.2, -0.15) is 0 Å². The summed E-state index contributed by atoms with van der Waals surface area (Å²) in [4.78, 5) is 34.4. The molecule has 4 rings (SSSR count). The zero-order chi connectivity index (χ0) is 24.9. The van der Waals surface area contributed by atoms with Crippen molar-refractivity contribution in [3.8, 4) is 5.69 Å². The van der Waals surface area contributed by atoms with Crippen molar-refractivity contribution in [3.05, 3.63) is 106 Å². The first-order chi connectivity index (χ1) is 16.9. The van der Waals surface area contributed by atoms with Gasteiger partial charge < -0.3 is 4.90 Å². The largest absolute Gasteiger partial charge is 0.329 e. The molecule has 0 spiro atoms. The number of fused-ring (bicyclic) bond motifs is 1. The summed E-state index contributed by atoms with van der Waals surface area (Å²) in [7, 11) is 0. The molecular formula is C30H33N3O2. The van der Waals surface area contributed by atoms with Crippen LogP contribution in [0.1, 0.15) is 66.5 Å². The summed E-state index contributed by atoms with van der Waals surface area (Å²) in [5, 5.41) is 0.566. The molecule has 0 saturated carbocycles. The molecule has 3 aromatic carbocycles. The minimum Gasteiger partial charge on any atom is -0.329 e. The van der Waals surface area contributed by atoms with Gasteiger partial charge >= 0.3 is 0 Å². The predicted molar refractivity (Wildman–Crippen MR) is 142 cm³/mol. The van der Waals surface area contributed by atoms with Crippen LogP contribution in [0, 0.1) is 13.8 Å². The Bertz CT molecular complexity index is 1390. The van der Waals surface area contributed by atoms with Gasteiger partial charge in [0.15, 0.2) is 0 Å². The molecule has 4 aromatic rings. The first kappa shape index (κ1) is 24.4.